The second kappa shape index (κ2) is 13.1. The Bertz CT molecular complexity index is 3500. The fourth-order valence-corrected chi connectivity index (χ4v) is 9.29. The van der Waals surface area contributed by atoms with Crippen molar-refractivity contribution in [2.24, 2.45) is 0 Å². The summed E-state index contributed by atoms with van der Waals surface area (Å²) in [6.45, 7) is 4.60. The normalized spacial score (nSPS) is 13.0. The van der Waals surface area contributed by atoms with E-state index in [-0.39, 0.29) is 5.41 Å². The molecule has 1 aliphatic rings. The number of aromatic nitrogens is 4. The lowest BCUT2D eigenvalue weighted by Crippen LogP contribution is -2.14. The summed E-state index contributed by atoms with van der Waals surface area (Å²) in [5, 5.41) is 5.39. The molecule has 8 aromatic carbocycles. The maximum Gasteiger partial charge on any atom is 0.164 e. The van der Waals surface area contributed by atoms with E-state index in [9.17, 15) is 0 Å². The molecule has 0 unspecified atom stereocenters. The molecule has 0 radical (unpaired) electrons. The average molecular weight is 769 g/mol. The maximum absolute atomic E-state index is 6.73. The first-order valence-corrected chi connectivity index (χ1v) is 20.4. The van der Waals surface area contributed by atoms with Gasteiger partial charge in [-0.15, -0.1) is 0 Å². The molecule has 1 aliphatic carbocycles. The zero-order chi connectivity index (χ0) is 40.0. The number of hydrogen-bond acceptors (Lipinski definition) is 5. The molecule has 0 bridgehead atoms. The highest BCUT2D eigenvalue weighted by molar-refractivity contribution is 6.24. The average Bonchev–Trinajstić information content (AvgIpc) is 3.80. The van der Waals surface area contributed by atoms with E-state index in [1.165, 1.54) is 22.3 Å². The van der Waals surface area contributed by atoms with Gasteiger partial charge in [0.25, 0.3) is 0 Å². The van der Waals surface area contributed by atoms with Crippen LogP contribution in [-0.4, -0.2) is 19.9 Å². The molecule has 282 valence electrons. The Morgan fingerprint density at radius 3 is 1.75 bits per heavy atom. The van der Waals surface area contributed by atoms with Gasteiger partial charge in [0.15, 0.2) is 17.5 Å². The lowest BCUT2D eigenvalue weighted by Gasteiger charge is -2.21. The van der Waals surface area contributed by atoms with Gasteiger partial charge in [0.05, 0.1) is 11.2 Å². The standard InChI is InChI=1S/C55H36N4O/c1-55(2)45-19-11-9-17-39(45)43-32-38(25-29-46(43)55)54-58-52(35-15-7-4-8-16-35)57-53(59-54)36-23-21-33(22-24-36)37-26-30-48-44(31-37)40-27-28-42-49(51(40)60-48)41-18-10-12-20-47(41)56-50(42)34-13-5-3-6-14-34/h3-32H,1-2H3. The van der Waals surface area contributed by atoms with E-state index in [1.807, 2.05) is 42.5 Å². The predicted octanol–water partition coefficient (Wildman–Crippen LogP) is 14.1. The fraction of sp³-hybridized carbons (Fsp3) is 0.0545. The minimum Gasteiger partial charge on any atom is -0.455 e. The fourth-order valence-electron chi connectivity index (χ4n) is 9.29. The van der Waals surface area contributed by atoms with Crippen molar-refractivity contribution in [3.05, 3.63) is 193 Å². The van der Waals surface area contributed by atoms with Crippen molar-refractivity contribution in [3.8, 4) is 67.7 Å². The van der Waals surface area contributed by atoms with Crippen molar-refractivity contribution >= 4 is 43.6 Å². The number of rotatable bonds is 5. The minimum absolute atomic E-state index is 0.0749. The molecule has 0 spiro atoms. The maximum atomic E-state index is 6.73. The molecule has 0 saturated heterocycles. The summed E-state index contributed by atoms with van der Waals surface area (Å²) in [6.07, 6.45) is 0. The van der Waals surface area contributed by atoms with Crippen LogP contribution in [-0.2, 0) is 5.41 Å². The van der Waals surface area contributed by atoms with Crippen LogP contribution in [0.1, 0.15) is 25.0 Å². The van der Waals surface area contributed by atoms with Crippen LogP contribution in [0.25, 0.3) is 111 Å². The zero-order valence-corrected chi connectivity index (χ0v) is 33.0. The van der Waals surface area contributed by atoms with Crippen molar-refractivity contribution in [2.75, 3.05) is 0 Å². The predicted molar refractivity (Wildman–Crippen MR) is 245 cm³/mol. The molecule has 0 fully saturated rings. The molecular weight excluding hydrogens is 733 g/mol. The van der Waals surface area contributed by atoms with E-state index in [1.54, 1.807) is 0 Å². The molecule has 3 aromatic heterocycles. The van der Waals surface area contributed by atoms with Gasteiger partial charge in [-0.3, -0.25) is 0 Å². The first-order chi connectivity index (χ1) is 29.5. The third kappa shape index (κ3) is 5.33. The Kier molecular flexibility index (Phi) is 7.51. The second-order valence-corrected chi connectivity index (χ2v) is 16.2. The highest BCUT2D eigenvalue weighted by atomic mass is 16.3. The van der Waals surface area contributed by atoms with Crippen LogP contribution in [0.5, 0.6) is 0 Å². The molecule has 5 nitrogen and oxygen atoms in total. The SMILES string of the molecule is CC1(C)c2ccccc2-c2cc(-c3nc(-c4ccccc4)nc(-c4ccc(-c5ccc6oc7c(ccc8c(-c9ccccc9)nc9ccccc9c87)c6c5)cc4)n3)ccc21. The number of pyridine rings is 1. The highest BCUT2D eigenvalue weighted by Crippen LogP contribution is 2.49. The summed E-state index contributed by atoms with van der Waals surface area (Å²) in [4.78, 5) is 20.3. The van der Waals surface area contributed by atoms with E-state index < -0.39 is 0 Å². The summed E-state index contributed by atoms with van der Waals surface area (Å²) in [6, 6.07) is 63.6. The Balaban J connectivity index is 0.949. The minimum atomic E-state index is -0.0749. The summed E-state index contributed by atoms with van der Waals surface area (Å²) in [5.74, 6) is 1.92. The van der Waals surface area contributed by atoms with E-state index >= 15 is 0 Å². The molecule has 0 N–H and O–H groups in total. The van der Waals surface area contributed by atoms with Gasteiger partial charge in [-0.1, -0.05) is 166 Å². The van der Waals surface area contributed by atoms with Crippen molar-refractivity contribution in [3.63, 3.8) is 0 Å². The molecule has 60 heavy (non-hydrogen) atoms. The number of hydrogen-bond donors (Lipinski definition) is 0. The third-order valence-corrected chi connectivity index (χ3v) is 12.3. The molecule has 0 aliphatic heterocycles. The van der Waals surface area contributed by atoms with Crippen LogP contribution >= 0.6 is 0 Å². The number of nitrogens with zero attached hydrogens (tertiary/aromatic N) is 4. The van der Waals surface area contributed by atoms with E-state index in [4.69, 9.17) is 24.4 Å². The molecular formula is C55H36N4O. The lowest BCUT2D eigenvalue weighted by molar-refractivity contribution is 0.660. The number of para-hydroxylation sites is 1. The van der Waals surface area contributed by atoms with E-state index in [0.29, 0.717) is 17.5 Å². The largest absolute Gasteiger partial charge is 0.455 e. The van der Waals surface area contributed by atoms with Gasteiger partial charge in [-0.05, 0) is 63.7 Å². The van der Waals surface area contributed by atoms with Crippen LogP contribution in [0.3, 0.4) is 0 Å². The smallest absolute Gasteiger partial charge is 0.164 e. The van der Waals surface area contributed by atoms with Crippen LogP contribution in [0.4, 0.5) is 0 Å². The summed E-state index contributed by atoms with van der Waals surface area (Å²) in [5.41, 5.74) is 14.8. The highest BCUT2D eigenvalue weighted by Gasteiger charge is 2.35. The Labute approximate surface area is 346 Å². The topological polar surface area (TPSA) is 64.7 Å². The molecule has 3 heterocycles. The van der Waals surface area contributed by atoms with Gasteiger partial charge in [0, 0.05) is 54.6 Å². The van der Waals surface area contributed by atoms with Gasteiger partial charge < -0.3 is 4.42 Å². The van der Waals surface area contributed by atoms with Gasteiger partial charge in [0.2, 0.25) is 0 Å². The number of benzene rings is 8. The first-order valence-electron chi connectivity index (χ1n) is 20.4. The Morgan fingerprint density at radius 2 is 0.967 bits per heavy atom. The molecule has 11 aromatic rings. The van der Waals surface area contributed by atoms with Crippen LogP contribution in [0.2, 0.25) is 0 Å². The quantitative estimate of drug-likeness (QED) is 0.163. The summed E-state index contributed by atoms with van der Waals surface area (Å²) >= 11 is 0. The molecule has 12 rings (SSSR count). The monoisotopic (exact) mass is 768 g/mol. The molecule has 0 amide bonds. The van der Waals surface area contributed by atoms with Gasteiger partial charge in [-0.25, -0.2) is 19.9 Å². The first kappa shape index (κ1) is 34.3. The van der Waals surface area contributed by atoms with Crippen molar-refractivity contribution in [2.45, 2.75) is 19.3 Å². The summed E-state index contributed by atoms with van der Waals surface area (Å²) < 4.78 is 6.73. The van der Waals surface area contributed by atoms with Crippen molar-refractivity contribution < 1.29 is 4.42 Å². The second-order valence-electron chi connectivity index (χ2n) is 16.2. The van der Waals surface area contributed by atoms with Crippen LogP contribution < -0.4 is 0 Å². The molecule has 0 atom stereocenters. The van der Waals surface area contributed by atoms with Gasteiger partial charge in [-0.2, -0.15) is 0 Å². The third-order valence-electron chi connectivity index (χ3n) is 12.3. The van der Waals surface area contributed by atoms with Crippen LogP contribution in [0.15, 0.2) is 186 Å². The molecule has 0 saturated carbocycles. The Hall–Kier alpha value is -7.76. The summed E-state index contributed by atoms with van der Waals surface area (Å²) in [7, 11) is 0. The lowest BCUT2D eigenvalue weighted by atomic mass is 9.82. The van der Waals surface area contributed by atoms with Crippen molar-refractivity contribution in [1.82, 2.24) is 19.9 Å². The van der Waals surface area contributed by atoms with Gasteiger partial charge >= 0.3 is 0 Å². The Morgan fingerprint density at radius 1 is 0.383 bits per heavy atom. The molecule has 5 heteroatoms. The zero-order valence-electron chi connectivity index (χ0n) is 33.0. The number of fused-ring (bicyclic) bond motifs is 10. The van der Waals surface area contributed by atoms with Crippen LogP contribution in [0, 0.1) is 0 Å². The van der Waals surface area contributed by atoms with Crippen molar-refractivity contribution in [1.29, 1.82) is 0 Å². The van der Waals surface area contributed by atoms with E-state index in [0.717, 1.165) is 82.7 Å². The van der Waals surface area contributed by atoms with Gasteiger partial charge in [0.1, 0.15) is 11.2 Å². The van der Waals surface area contributed by atoms with E-state index in [2.05, 4.69) is 153 Å². The number of furan rings is 1.